The molecule has 1 aromatic carbocycles. The molecule has 2 aromatic rings. The Morgan fingerprint density at radius 1 is 1.16 bits per heavy atom. The number of hydrogen-bond donors (Lipinski definition) is 1. The van der Waals surface area contributed by atoms with E-state index in [-0.39, 0.29) is 0 Å². The number of aliphatic hydroxyl groups excluding tert-OH is 1. The Hall–Kier alpha value is -1.61. The first kappa shape index (κ1) is 12.4. The van der Waals surface area contributed by atoms with Crippen molar-refractivity contribution in [1.29, 1.82) is 0 Å². The lowest BCUT2D eigenvalue weighted by Gasteiger charge is -2.13. The summed E-state index contributed by atoms with van der Waals surface area (Å²) in [6.07, 6.45) is 7.50. The van der Waals surface area contributed by atoms with E-state index >= 15 is 0 Å². The molecular formula is C16H20N2O. The van der Waals surface area contributed by atoms with Crippen LogP contribution in [0.2, 0.25) is 0 Å². The minimum Gasteiger partial charge on any atom is -0.387 e. The Morgan fingerprint density at radius 3 is 2.63 bits per heavy atom. The highest BCUT2D eigenvalue weighted by molar-refractivity contribution is 5.30. The van der Waals surface area contributed by atoms with Crippen LogP contribution in [0.5, 0.6) is 0 Å². The Kier molecular flexibility index (Phi) is 3.65. The largest absolute Gasteiger partial charge is 0.387 e. The molecule has 1 aromatic heterocycles. The van der Waals surface area contributed by atoms with Gasteiger partial charge in [0, 0.05) is 6.20 Å². The Balaban J connectivity index is 1.70. The Labute approximate surface area is 113 Å². The van der Waals surface area contributed by atoms with Crippen molar-refractivity contribution in [1.82, 2.24) is 9.78 Å². The van der Waals surface area contributed by atoms with Crippen molar-refractivity contribution in [2.24, 2.45) is 5.92 Å². The second-order valence-corrected chi connectivity index (χ2v) is 5.42. The van der Waals surface area contributed by atoms with E-state index in [1.165, 1.54) is 25.7 Å². The molecule has 0 bridgehead atoms. The summed E-state index contributed by atoms with van der Waals surface area (Å²) in [5.41, 5.74) is 1.82. The lowest BCUT2D eigenvalue weighted by atomic mass is 9.99. The summed E-state index contributed by atoms with van der Waals surface area (Å²) < 4.78 is 1.83. The zero-order valence-electron chi connectivity index (χ0n) is 11.1. The van der Waals surface area contributed by atoms with Crippen molar-refractivity contribution in [3.63, 3.8) is 0 Å². The molecule has 0 spiro atoms. The number of aliphatic hydroxyl groups is 1. The van der Waals surface area contributed by atoms with E-state index in [9.17, 15) is 5.11 Å². The van der Waals surface area contributed by atoms with Gasteiger partial charge in [-0.2, -0.15) is 5.10 Å². The number of nitrogens with zero attached hydrogens (tertiary/aromatic N) is 2. The summed E-state index contributed by atoms with van der Waals surface area (Å²) in [5.74, 6) is 0.678. The number of aromatic nitrogens is 2. The highest BCUT2D eigenvalue weighted by atomic mass is 16.3. The summed E-state index contributed by atoms with van der Waals surface area (Å²) in [6.45, 7) is 0. The maximum atomic E-state index is 10.3. The van der Waals surface area contributed by atoms with Crippen molar-refractivity contribution in [2.45, 2.75) is 38.2 Å². The molecule has 1 saturated carbocycles. The fraction of sp³-hybridized carbons (Fsp3) is 0.438. The number of benzene rings is 1. The van der Waals surface area contributed by atoms with Crippen LogP contribution in [0.15, 0.2) is 42.6 Å². The van der Waals surface area contributed by atoms with E-state index in [1.807, 2.05) is 47.3 Å². The highest BCUT2D eigenvalue weighted by Crippen LogP contribution is 2.32. The van der Waals surface area contributed by atoms with E-state index in [1.54, 1.807) is 0 Å². The molecule has 1 aliphatic carbocycles. The average molecular weight is 256 g/mol. The van der Waals surface area contributed by atoms with E-state index in [4.69, 9.17) is 0 Å². The van der Waals surface area contributed by atoms with Crippen molar-refractivity contribution in [2.75, 3.05) is 0 Å². The number of rotatable bonds is 4. The van der Waals surface area contributed by atoms with Gasteiger partial charge in [0.25, 0.3) is 0 Å². The standard InChI is InChI=1S/C16H20N2O/c19-16(12-13-6-4-5-7-13)15-10-11-18(17-15)14-8-2-1-3-9-14/h1-3,8-11,13,16,19H,4-7,12H2. The lowest BCUT2D eigenvalue weighted by Crippen LogP contribution is -2.06. The molecule has 1 atom stereocenters. The molecule has 0 saturated heterocycles. The third-order valence-corrected chi connectivity index (χ3v) is 4.00. The minimum atomic E-state index is -0.423. The molecule has 1 fully saturated rings. The summed E-state index contributed by atoms with van der Waals surface area (Å²) in [6, 6.07) is 11.9. The fourth-order valence-electron chi connectivity index (χ4n) is 2.92. The van der Waals surface area contributed by atoms with Gasteiger partial charge in [0.2, 0.25) is 0 Å². The van der Waals surface area contributed by atoms with Gasteiger partial charge in [-0.3, -0.25) is 0 Å². The summed E-state index contributed by atoms with van der Waals surface area (Å²) in [4.78, 5) is 0. The van der Waals surface area contributed by atoms with E-state index in [2.05, 4.69) is 5.10 Å². The third kappa shape index (κ3) is 2.87. The second-order valence-electron chi connectivity index (χ2n) is 5.42. The molecule has 0 aliphatic heterocycles. The number of para-hydroxylation sites is 1. The average Bonchev–Trinajstić information content (AvgIpc) is 3.10. The predicted octanol–water partition coefficient (Wildman–Crippen LogP) is 3.49. The first-order valence-electron chi connectivity index (χ1n) is 7.12. The van der Waals surface area contributed by atoms with Crippen molar-refractivity contribution < 1.29 is 5.11 Å². The van der Waals surface area contributed by atoms with Crippen LogP contribution in [-0.2, 0) is 0 Å². The quantitative estimate of drug-likeness (QED) is 0.909. The van der Waals surface area contributed by atoms with Gasteiger partial charge in [0.1, 0.15) is 0 Å². The van der Waals surface area contributed by atoms with E-state index < -0.39 is 6.10 Å². The zero-order chi connectivity index (χ0) is 13.1. The second kappa shape index (κ2) is 5.57. The zero-order valence-corrected chi connectivity index (χ0v) is 11.1. The monoisotopic (exact) mass is 256 g/mol. The molecule has 1 aliphatic rings. The SMILES string of the molecule is OC(CC1CCCC1)c1ccn(-c2ccccc2)n1. The molecule has 3 rings (SSSR count). The molecule has 0 radical (unpaired) electrons. The van der Waals surface area contributed by atoms with Crippen LogP contribution in [0.4, 0.5) is 0 Å². The van der Waals surface area contributed by atoms with E-state index in [0.29, 0.717) is 5.92 Å². The molecule has 0 amide bonds. The minimum absolute atomic E-state index is 0.423. The van der Waals surface area contributed by atoms with Crippen LogP contribution in [-0.4, -0.2) is 14.9 Å². The molecular weight excluding hydrogens is 236 g/mol. The maximum Gasteiger partial charge on any atom is 0.0981 e. The summed E-state index contributed by atoms with van der Waals surface area (Å²) >= 11 is 0. The van der Waals surface area contributed by atoms with E-state index in [0.717, 1.165) is 17.8 Å². The fourth-order valence-corrected chi connectivity index (χ4v) is 2.92. The van der Waals surface area contributed by atoms with Gasteiger partial charge in [0.05, 0.1) is 17.5 Å². The van der Waals surface area contributed by atoms with Crippen LogP contribution in [0, 0.1) is 5.92 Å². The predicted molar refractivity (Wildman–Crippen MR) is 75.1 cm³/mol. The van der Waals surface area contributed by atoms with Gasteiger partial charge in [0.15, 0.2) is 0 Å². The van der Waals surface area contributed by atoms with Gasteiger partial charge in [-0.25, -0.2) is 4.68 Å². The van der Waals surface area contributed by atoms with Crippen LogP contribution < -0.4 is 0 Å². The van der Waals surface area contributed by atoms with Crippen LogP contribution in [0.25, 0.3) is 5.69 Å². The van der Waals surface area contributed by atoms with Crippen molar-refractivity contribution in [3.8, 4) is 5.69 Å². The molecule has 19 heavy (non-hydrogen) atoms. The number of hydrogen-bond acceptors (Lipinski definition) is 2. The van der Waals surface area contributed by atoms with Gasteiger partial charge in [-0.15, -0.1) is 0 Å². The lowest BCUT2D eigenvalue weighted by molar-refractivity contribution is 0.140. The Bertz CT molecular complexity index is 515. The molecule has 1 heterocycles. The smallest absolute Gasteiger partial charge is 0.0981 e. The molecule has 100 valence electrons. The van der Waals surface area contributed by atoms with Gasteiger partial charge < -0.3 is 5.11 Å². The first-order chi connectivity index (χ1) is 9.33. The molecule has 3 heteroatoms. The highest BCUT2D eigenvalue weighted by Gasteiger charge is 2.21. The molecule has 3 nitrogen and oxygen atoms in total. The topological polar surface area (TPSA) is 38.0 Å². The van der Waals surface area contributed by atoms with Crippen LogP contribution >= 0.6 is 0 Å². The summed E-state index contributed by atoms with van der Waals surface area (Å²) in [7, 11) is 0. The molecule has 1 unspecified atom stereocenters. The van der Waals surface area contributed by atoms with Crippen molar-refractivity contribution in [3.05, 3.63) is 48.3 Å². The molecule has 1 N–H and O–H groups in total. The summed E-state index contributed by atoms with van der Waals surface area (Å²) in [5, 5.41) is 14.8. The maximum absolute atomic E-state index is 10.3. The van der Waals surface area contributed by atoms with Crippen LogP contribution in [0.3, 0.4) is 0 Å². The van der Waals surface area contributed by atoms with Gasteiger partial charge in [-0.1, -0.05) is 43.9 Å². The first-order valence-corrected chi connectivity index (χ1v) is 7.12. The normalized spacial score (nSPS) is 17.7. The van der Waals surface area contributed by atoms with Crippen molar-refractivity contribution >= 4 is 0 Å². The van der Waals surface area contributed by atoms with Gasteiger partial charge >= 0.3 is 0 Å². The Morgan fingerprint density at radius 2 is 1.89 bits per heavy atom. The van der Waals surface area contributed by atoms with Crippen LogP contribution in [0.1, 0.15) is 43.9 Å². The van der Waals surface area contributed by atoms with Gasteiger partial charge in [-0.05, 0) is 30.5 Å². The third-order valence-electron chi connectivity index (χ3n) is 4.00.